The molecule has 4 aromatic rings. The molecule has 0 saturated carbocycles. The molecular weight excluding hydrogens is 356 g/mol. The molecule has 0 bridgehead atoms. The van der Waals surface area contributed by atoms with E-state index in [1.165, 1.54) is 6.07 Å². The van der Waals surface area contributed by atoms with Crippen LogP contribution < -0.4 is 5.32 Å². The number of rotatable bonds is 3. The summed E-state index contributed by atoms with van der Waals surface area (Å²) in [5.74, 6) is -2.33. The van der Waals surface area contributed by atoms with Crippen molar-refractivity contribution in [3.05, 3.63) is 78.0 Å². The quantitative estimate of drug-likeness (QED) is 0.561. The maximum atomic E-state index is 13.2. The van der Waals surface area contributed by atoms with Crippen molar-refractivity contribution < 1.29 is 13.6 Å². The first kappa shape index (κ1) is 16.3. The van der Waals surface area contributed by atoms with Gasteiger partial charge < -0.3 is 5.32 Å². The van der Waals surface area contributed by atoms with Crippen LogP contribution in [0.15, 0.2) is 60.8 Å². The predicted octanol–water partition coefficient (Wildman–Crippen LogP) is 4.89. The second-order valence-electron chi connectivity index (χ2n) is 5.50. The first-order chi connectivity index (χ1) is 12.6. The van der Waals surface area contributed by atoms with Gasteiger partial charge in [-0.1, -0.05) is 12.1 Å². The second-order valence-corrected chi connectivity index (χ2v) is 6.53. The largest absolute Gasteiger partial charge is 0.307 e. The number of aromatic nitrogens is 2. The normalized spacial score (nSPS) is 10.8. The SMILES string of the molecule is O=C(Nc1ccc(-c2nc3ccccc3s2)cn1)c1ccc(F)c(F)c1. The third-order valence-corrected chi connectivity index (χ3v) is 4.81. The number of pyridine rings is 1. The Bertz CT molecular complexity index is 1080. The van der Waals surface area contributed by atoms with E-state index in [2.05, 4.69) is 15.3 Å². The number of hydrogen-bond donors (Lipinski definition) is 1. The molecule has 0 aliphatic carbocycles. The number of benzene rings is 2. The van der Waals surface area contributed by atoms with Gasteiger partial charge in [0.25, 0.3) is 5.91 Å². The van der Waals surface area contributed by atoms with Crippen molar-refractivity contribution in [2.24, 2.45) is 0 Å². The molecule has 0 radical (unpaired) electrons. The van der Waals surface area contributed by atoms with E-state index in [1.807, 2.05) is 24.3 Å². The smallest absolute Gasteiger partial charge is 0.256 e. The van der Waals surface area contributed by atoms with E-state index in [1.54, 1.807) is 29.7 Å². The van der Waals surface area contributed by atoms with Gasteiger partial charge in [0.1, 0.15) is 10.8 Å². The average Bonchev–Trinajstić information content (AvgIpc) is 3.08. The van der Waals surface area contributed by atoms with Crippen molar-refractivity contribution in [3.63, 3.8) is 0 Å². The standard InChI is InChI=1S/C19H11F2N3OS/c20-13-7-5-11(9-14(13)21)18(25)24-17-8-6-12(10-22-17)19-23-15-3-1-2-4-16(15)26-19/h1-10H,(H,22,24,25). The van der Waals surface area contributed by atoms with Crippen LogP contribution >= 0.6 is 11.3 Å². The van der Waals surface area contributed by atoms with Gasteiger partial charge in [-0.2, -0.15) is 0 Å². The van der Waals surface area contributed by atoms with Crippen molar-refractivity contribution in [3.8, 4) is 10.6 Å². The minimum absolute atomic E-state index is 0.0148. The van der Waals surface area contributed by atoms with Crippen LogP contribution in [0.5, 0.6) is 0 Å². The molecule has 2 heterocycles. The number of carbonyl (C=O) groups is 1. The number of anilines is 1. The summed E-state index contributed by atoms with van der Waals surface area (Å²) < 4.78 is 27.3. The zero-order valence-corrected chi connectivity index (χ0v) is 14.1. The van der Waals surface area contributed by atoms with Crippen molar-refractivity contribution >= 4 is 33.3 Å². The number of amides is 1. The molecule has 2 aromatic heterocycles. The number of thiazole rings is 1. The van der Waals surface area contributed by atoms with Crippen molar-refractivity contribution in [2.75, 3.05) is 5.32 Å². The number of nitrogens with one attached hydrogen (secondary N) is 1. The molecule has 4 rings (SSSR count). The summed E-state index contributed by atoms with van der Waals surface area (Å²) in [5, 5.41) is 3.38. The van der Waals surface area contributed by atoms with E-state index in [9.17, 15) is 13.6 Å². The maximum Gasteiger partial charge on any atom is 0.256 e. The summed E-state index contributed by atoms with van der Waals surface area (Å²) in [6, 6.07) is 14.2. The van der Waals surface area contributed by atoms with Gasteiger partial charge in [0, 0.05) is 17.3 Å². The van der Waals surface area contributed by atoms with E-state index < -0.39 is 17.5 Å². The molecule has 2 aromatic carbocycles. The van der Waals surface area contributed by atoms with Crippen LogP contribution in [-0.2, 0) is 0 Å². The molecule has 1 amide bonds. The number of halogens is 2. The molecule has 4 nitrogen and oxygen atoms in total. The van der Waals surface area contributed by atoms with E-state index >= 15 is 0 Å². The summed E-state index contributed by atoms with van der Waals surface area (Å²) in [6.45, 7) is 0. The fraction of sp³-hybridized carbons (Fsp3) is 0. The molecule has 1 N–H and O–H groups in total. The summed E-state index contributed by atoms with van der Waals surface area (Å²) in [4.78, 5) is 20.9. The van der Waals surface area contributed by atoms with E-state index in [-0.39, 0.29) is 5.56 Å². The zero-order valence-electron chi connectivity index (χ0n) is 13.2. The molecule has 128 valence electrons. The first-order valence-electron chi connectivity index (χ1n) is 7.68. The Morgan fingerprint density at radius 2 is 1.85 bits per heavy atom. The predicted molar refractivity (Wildman–Crippen MR) is 97.2 cm³/mol. The van der Waals surface area contributed by atoms with Gasteiger partial charge in [-0.3, -0.25) is 4.79 Å². The number of para-hydroxylation sites is 1. The summed E-state index contributed by atoms with van der Waals surface area (Å²) in [5.41, 5.74) is 1.76. The fourth-order valence-electron chi connectivity index (χ4n) is 2.42. The third kappa shape index (κ3) is 3.16. The van der Waals surface area contributed by atoms with Gasteiger partial charge in [0.15, 0.2) is 11.6 Å². The highest BCUT2D eigenvalue weighted by Crippen LogP contribution is 2.29. The van der Waals surface area contributed by atoms with Crippen LogP contribution in [0.25, 0.3) is 20.8 Å². The number of fused-ring (bicyclic) bond motifs is 1. The number of nitrogens with zero attached hydrogens (tertiary/aromatic N) is 2. The lowest BCUT2D eigenvalue weighted by Gasteiger charge is -2.05. The minimum Gasteiger partial charge on any atom is -0.307 e. The Kier molecular flexibility index (Phi) is 4.14. The maximum absolute atomic E-state index is 13.2. The Morgan fingerprint density at radius 1 is 1.00 bits per heavy atom. The van der Waals surface area contributed by atoms with Crippen LogP contribution in [0.4, 0.5) is 14.6 Å². The lowest BCUT2D eigenvalue weighted by Crippen LogP contribution is -2.13. The summed E-state index contributed by atoms with van der Waals surface area (Å²) in [7, 11) is 0. The van der Waals surface area contributed by atoms with E-state index in [4.69, 9.17) is 0 Å². The van der Waals surface area contributed by atoms with Crippen molar-refractivity contribution in [2.45, 2.75) is 0 Å². The fourth-order valence-corrected chi connectivity index (χ4v) is 3.37. The first-order valence-corrected chi connectivity index (χ1v) is 8.50. The second kappa shape index (κ2) is 6.61. The Labute approximate surface area is 151 Å². The average molecular weight is 367 g/mol. The molecule has 0 aliphatic rings. The number of hydrogen-bond acceptors (Lipinski definition) is 4. The van der Waals surface area contributed by atoms with Crippen molar-refractivity contribution in [1.82, 2.24) is 9.97 Å². The van der Waals surface area contributed by atoms with Gasteiger partial charge in [-0.15, -0.1) is 11.3 Å². The molecule has 7 heteroatoms. The summed E-state index contributed by atoms with van der Waals surface area (Å²) in [6.07, 6.45) is 1.61. The number of carbonyl (C=O) groups excluding carboxylic acids is 1. The lowest BCUT2D eigenvalue weighted by atomic mass is 10.2. The topological polar surface area (TPSA) is 54.9 Å². The summed E-state index contributed by atoms with van der Waals surface area (Å²) >= 11 is 1.55. The van der Waals surface area contributed by atoms with Crippen LogP contribution in [-0.4, -0.2) is 15.9 Å². The Morgan fingerprint density at radius 3 is 2.58 bits per heavy atom. The van der Waals surface area contributed by atoms with Crippen LogP contribution in [0.2, 0.25) is 0 Å². The highest BCUT2D eigenvalue weighted by Gasteiger charge is 2.11. The van der Waals surface area contributed by atoms with Crippen molar-refractivity contribution in [1.29, 1.82) is 0 Å². The molecule has 0 fully saturated rings. The molecule has 0 atom stereocenters. The molecule has 0 spiro atoms. The molecule has 0 saturated heterocycles. The van der Waals surface area contributed by atoms with Crippen LogP contribution in [0, 0.1) is 11.6 Å². The van der Waals surface area contributed by atoms with Gasteiger partial charge in [-0.05, 0) is 42.5 Å². The highest BCUT2D eigenvalue weighted by molar-refractivity contribution is 7.21. The van der Waals surface area contributed by atoms with Gasteiger partial charge in [0.2, 0.25) is 0 Å². The minimum atomic E-state index is -1.07. The van der Waals surface area contributed by atoms with E-state index in [0.29, 0.717) is 5.82 Å². The Balaban J connectivity index is 1.53. The zero-order chi connectivity index (χ0) is 18.1. The lowest BCUT2D eigenvalue weighted by molar-refractivity contribution is 0.102. The molecular formula is C19H11F2N3OS. The van der Waals surface area contributed by atoms with Crippen LogP contribution in [0.1, 0.15) is 10.4 Å². The monoisotopic (exact) mass is 367 g/mol. The molecule has 0 aliphatic heterocycles. The van der Waals surface area contributed by atoms with Crippen LogP contribution in [0.3, 0.4) is 0 Å². The van der Waals surface area contributed by atoms with Gasteiger partial charge in [-0.25, -0.2) is 18.7 Å². The van der Waals surface area contributed by atoms with E-state index in [0.717, 1.165) is 32.9 Å². The van der Waals surface area contributed by atoms with Gasteiger partial charge in [0.05, 0.1) is 10.2 Å². The third-order valence-electron chi connectivity index (χ3n) is 3.73. The molecule has 0 unspecified atom stereocenters. The highest BCUT2D eigenvalue weighted by atomic mass is 32.1. The molecule has 26 heavy (non-hydrogen) atoms. The Hall–Kier alpha value is -3.19. The van der Waals surface area contributed by atoms with Gasteiger partial charge >= 0.3 is 0 Å².